The van der Waals surface area contributed by atoms with Crippen LogP contribution in [0.15, 0.2) is 35.5 Å². The summed E-state index contributed by atoms with van der Waals surface area (Å²) in [5.41, 5.74) is 0.726. The fourth-order valence-corrected chi connectivity index (χ4v) is 2.98. The van der Waals surface area contributed by atoms with Crippen molar-refractivity contribution in [1.29, 1.82) is 0 Å². The van der Waals surface area contributed by atoms with E-state index in [-0.39, 0.29) is 5.16 Å². The highest BCUT2D eigenvalue weighted by molar-refractivity contribution is 7.90. The SMILES string of the molecule is CS(=O)(=O)c1nnc(N2CCOCC2)n1-c1ccccc1. The number of rotatable bonds is 3. The molecule has 1 aromatic heterocycles. The van der Waals surface area contributed by atoms with Crippen LogP contribution in [0.25, 0.3) is 5.69 Å². The molecular weight excluding hydrogens is 292 g/mol. The molecule has 0 amide bonds. The topological polar surface area (TPSA) is 77.3 Å². The molecule has 1 fully saturated rings. The van der Waals surface area contributed by atoms with Crippen molar-refractivity contribution in [2.75, 3.05) is 37.5 Å². The van der Waals surface area contributed by atoms with Gasteiger partial charge < -0.3 is 9.64 Å². The first-order valence-electron chi connectivity index (χ1n) is 6.61. The van der Waals surface area contributed by atoms with E-state index in [4.69, 9.17) is 4.74 Å². The van der Waals surface area contributed by atoms with Crippen LogP contribution in [0.4, 0.5) is 5.95 Å². The van der Waals surface area contributed by atoms with Crippen LogP contribution in [0, 0.1) is 0 Å². The second-order valence-corrected chi connectivity index (χ2v) is 6.73. The van der Waals surface area contributed by atoms with Gasteiger partial charge in [0, 0.05) is 19.3 Å². The maximum Gasteiger partial charge on any atom is 0.255 e. The minimum atomic E-state index is -3.47. The van der Waals surface area contributed by atoms with Crippen LogP contribution in [0.5, 0.6) is 0 Å². The summed E-state index contributed by atoms with van der Waals surface area (Å²) >= 11 is 0. The zero-order valence-corrected chi connectivity index (χ0v) is 12.5. The number of hydrogen-bond donors (Lipinski definition) is 0. The molecule has 0 aliphatic carbocycles. The minimum absolute atomic E-state index is 0.0461. The molecule has 21 heavy (non-hydrogen) atoms. The fraction of sp³-hybridized carbons (Fsp3) is 0.385. The van der Waals surface area contributed by atoms with Crippen molar-refractivity contribution in [1.82, 2.24) is 14.8 Å². The van der Waals surface area contributed by atoms with Gasteiger partial charge in [-0.05, 0) is 12.1 Å². The van der Waals surface area contributed by atoms with Crippen molar-refractivity contribution in [3.63, 3.8) is 0 Å². The Morgan fingerprint density at radius 2 is 1.76 bits per heavy atom. The van der Waals surface area contributed by atoms with E-state index in [0.29, 0.717) is 32.3 Å². The molecule has 0 spiro atoms. The third kappa shape index (κ3) is 2.77. The second kappa shape index (κ2) is 5.45. The molecule has 112 valence electrons. The van der Waals surface area contributed by atoms with Crippen LogP contribution < -0.4 is 4.90 Å². The largest absolute Gasteiger partial charge is 0.378 e. The summed E-state index contributed by atoms with van der Waals surface area (Å²) in [5.74, 6) is 0.532. The number of ether oxygens (including phenoxy) is 1. The van der Waals surface area contributed by atoms with Crippen LogP contribution in [-0.2, 0) is 14.6 Å². The first-order valence-corrected chi connectivity index (χ1v) is 8.50. The highest BCUT2D eigenvalue weighted by atomic mass is 32.2. The quantitative estimate of drug-likeness (QED) is 0.822. The molecule has 0 saturated carbocycles. The zero-order valence-electron chi connectivity index (χ0n) is 11.6. The van der Waals surface area contributed by atoms with E-state index in [1.165, 1.54) is 0 Å². The average molecular weight is 308 g/mol. The lowest BCUT2D eigenvalue weighted by Crippen LogP contribution is -2.38. The lowest BCUT2D eigenvalue weighted by atomic mass is 10.3. The van der Waals surface area contributed by atoms with E-state index in [0.717, 1.165) is 11.9 Å². The third-order valence-corrected chi connectivity index (χ3v) is 4.18. The third-order valence-electron chi connectivity index (χ3n) is 3.26. The van der Waals surface area contributed by atoms with Gasteiger partial charge >= 0.3 is 0 Å². The number of aromatic nitrogens is 3. The van der Waals surface area contributed by atoms with Crippen molar-refractivity contribution in [3.05, 3.63) is 30.3 Å². The van der Waals surface area contributed by atoms with Gasteiger partial charge in [-0.25, -0.2) is 8.42 Å². The maximum absolute atomic E-state index is 12.0. The van der Waals surface area contributed by atoms with Gasteiger partial charge in [-0.1, -0.05) is 18.2 Å². The minimum Gasteiger partial charge on any atom is -0.378 e. The molecule has 7 nitrogen and oxygen atoms in total. The smallest absolute Gasteiger partial charge is 0.255 e. The van der Waals surface area contributed by atoms with Gasteiger partial charge in [0.15, 0.2) is 0 Å². The van der Waals surface area contributed by atoms with Gasteiger partial charge in [0.25, 0.3) is 5.16 Å². The van der Waals surface area contributed by atoms with Crippen molar-refractivity contribution in [2.45, 2.75) is 5.16 Å². The Bertz CT molecular complexity index is 721. The van der Waals surface area contributed by atoms with E-state index in [9.17, 15) is 8.42 Å². The Balaban J connectivity index is 2.15. The standard InChI is InChI=1S/C13H16N4O3S/c1-21(18,19)13-15-14-12(16-7-9-20-10-8-16)17(13)11-5-3-2-4-6-11/h2-6H,7-10H2,1H3. The van der Waals surface area contributed by atoms with Gasteiger partial charge in [-0.15, -0.1) is 10.2 Å². The van der Waals surface area contributed by atoms with Gasteiger partial charge in [-0.3, -0.25) is 4.57 Å². The first kappa shape index (κ1) is 14.0. The highest BCUT2D eigenvalue weighted by Gasteiger charge is 2.25. The maximum atomic E-state index is 12.0. The monoisotopic (exact) mass is 308 g/mol. The zero-order chi connectivity index (χ0) is 14.9. The van der Waals surface area contributed by atoms with Crippen LogP contribution in [0.2, 0.25) is 0 Å². The summed E-state index contributed by atoms with van der Waals surface area (Å²) < 4.78 is 30.8. The number of nitrogens with zero attached hydrogens (tertiary/aromatic N) is 4. The van der Waals surface area contributed by atoms with E-state index >= 15 is 0 Å². The Hall–Kier alpha value is -1.93. The van der Waals surface area contributed by atoms with Crippen molar-refractivity contribution >= 4 is 15.8 Å². The summed E-state index contributed by atoms with van der Waals surface area (Å²) in [6, 6.07) is 9.25. The summed E-state index contributed by atoms with van der Waals surface area (Å²) in [5, 5.41) is 7.92. The van der Waals surface area contributed by atoms with E-state index in [2.05, 4.69) is 10.2 Å². The predicted octanol–water partition coefficient (Wildman–Crippen LogP) is 0.507. The molecule has 0 bridgehead atoms. The highest BCUT2D eigenvalue weighted by Crippen LogP contribution is 2.23. The van der Waals surface area contributed by atoms with Crippen molar-refractivity contribution < 1.29 is 13.2 Å². The Morgan fingerprint density at radius 1 is 1.10 bits per heavy atom. The molecule has 0 radical (unpaired) electrons. The first-order chi connectivity index (χ1) is 10.1. The van der Waals surface area contributed by atoms with Crippen LogP contribution in [-0.4, -0.2) is 55.7 Å². The molecule has 0 N–H and O–H groups in total. The number of sulfone groups is 1. The summed E-state index contributed by atoms with van der Waals surface area (Å²) in [6.07, 6.45) is 1.14. The van der Waals surface area contributed by atoms with Gasteiger partial charge in [-0.2, -0.15) is 0 Å². The number of benzene rings is 1. The lowest BCUT2D eigenvalue weighted by molar-refractivity contribution is 0.122. The molecule has 1 saturated heterocycles. The molecule has 0 unspecified atom stereocenters. The average Bonchev–Trinajstić information content (AvgIpc) is 2.94. The Morgan fingerprint density at radius 3 is 2.38 bits per heavy atom. The molecule has 3 rings (SSSR count). The molecule has 2 aromatic rings. The lowest BCUT2D eigenvalue weighted by Gasteiger charge is -2.27. The van der Waals surface area contributed by atoms with E-state index in [1.807, 2.05) is 35.2 Å². The van der Waals surface area contributed by atoms with Gasteiger partial charge in [0.05, 0.1) is 18.9 Å². The summed E-state index contributed by atoms with van der Waals surface area (Å²) in [7, 11) is -3.47. The predicted molar refractivity (Wildman–Crippen MR) is 77.5 cm³/mol. The molecular formula is C13H16N4O3S. The molecule has 1 aliphatic heterocycles. The van der Waals surface area contributed by atoms with Crippen molar-refractivity contribution in [3.8, 4) is 5.69 Å². The van der Waals surface area contributed by atoms with Crippen molar-refractivity contribution in [2.24, 2.45) is 0 Å². The Kier molecular flexibility index (Phi) is 3.64. The van der Waals surface area contributed by atoms with Crippen LogP contribution >= 0.6 is 0 Å². The molecule has 1 aromatic carbocycles. The number of morpholine rings is 1. The fourth-order valence-electron chi connectivity index (χ4n) is 2.27. The summed E-state index contributed by atoms with van der Waals surface area (Å²) in [6.45, 7) is 2.51. The molecule has 0 atom stereocenters. The Labute approximate surface area is 123 Å². The summed E-state index contributed by atoms with van der Waals surface area (Å²) in [4.78, 5) is 1.98. The van der Waals surface area contributed by atoms with Gasteiger partial charge in [0.1, 0.15) is 0 Å². The number of hydrogen-bond acceptors (Lipinski definition) is 6. The number of anilines is 1. The molecule has 8 heteroatoms. The van der Waals surface area contributed by atoms with E-state index in [1.54, 1.807) is 4.57 Å². The molecule has 2 heterocycles. The van der Waals surface area contributed by atoms with Gasteiger partial charge in [0.2, 0.25) is 15.8 Å². The van der Waals surface area contributed by atoms with Crippen LogP contribution in [0.3, 0.4) is 0 Å². The number of para-hydroxylation sites is 1. The molecule has 1 aliphatic rings. The second-order valence-electron chi connectivity index (χ2n) is 4.83. The van der Waals surface area contributed by atoms with E-state index < -0.39 is 9.84 Å². The normalized spacial score (nSPS) is 16.1. The van der Waals surface area contributed by atoms with Crippen LogP contribution in [0.1, 0.15) is 0 Å².